The van der Waals surface area contributed by atoms with E-state index in [1.165, 1.54) is 11.1 Å². The molecular weight excluding hydrogens is 272 g/mol. The van der Waals surface area contributed by atoms with Crippen LogP contribution in [0.2, 0.25) is 0 Å². The molecule has 2 heteroatoms. The summed E-state index contributed by atoms with van der Waals surface area (Å²) in [5.41, 5.74) is 2.36. The molecule has 3 rings (SSSR count). The van der Waals surface area contributed by atoms with Crippen molar-refractivity contribution in [2.24, 2.45) is 5.92 Å². The van der Waals surface area contributed by atoms with E-state index in [0.29, 0.717) is 5.92 Å². The molecule has 2 bridgehead atoms. The summed E-state index contributed by atoms with van der Waals surface area (Å²) in [6.07, 6.45) is 11.6. The van der Waals surface area contributed by atoms with E-state index >= 15 is 0 Å². The Labute approximate surface area is 136 Å². The zero-order valence-corrected chi connectivity index (χ0v) is 15.1. The summed E-state index contributed by atoms with van der Waals surface area (Å²) in [4.78, 5) is 0. The van der Waals surface area contributed by atoms with Gasteiger partial charge in [-0.2, -0.15) is 0 Å². The van der Waals surface area contributed by atoms with Crippen LogP contribution in [0.25, 0.3) is 0 Å². The maximum absolute atomic E-state index is 10.7. The SMILES string of the molecule is C/C1=C\CC[C@]2(C)OC(C)(C)[C@H](CC/C(C)=C/CC1)C[C@H]2O. The first-order valence-corrected chi connectivity index (χ1v) is 8.92. The van der Waals surface area contributed by atoms with Gasteiger partial charge in [0.05, 0.1) is 17.3 Å². The highest BCUT2D eigenvalue weighted by atomic mass is 16.5. The molecule has 0 amide bonds. The Morgan fingerprint density at radius 1 is 1.05 bits per heavy atom. The predicted octanol–water partition coefficient (Wildman–Crippen LogP) is 5.17. The quantitative estimate of drug-likeness (QED) is 0.626. The molecular formula is C20H34O2. The van der Waals surface area contributed by atoms with E-state index in [0.717, 1.165) is 44.9 Å². The normalized spacial score (nSPS) is 41.9. The van der Waals surface area contributed by atoms with Gasteiger partial charge < -0.3 is 9.84 Å². The average molecular weight is 306 g/mol. The number of allylic oxidation sites excluding steroid dienone is 4. The largest absolute Gasteiger partial charge is 0.390 e. The number of rotatable bonds is 0. The summed E-state index contributed by atoms with van der Waals surface area (Å²) in [6.45, 7) is 11.0. The van der Waals surface area contributed by atoms with Crippen LogP contribution in [0.5, 0.6) is 0 Å². The monoisotopic (exact) mass is 306 g/mol. The van der Waals surface area contributed by atoms with Gasteiger partial charge in [-0.05, 0) is 85.5 Å². The van der Waals surface area contributed by atoms with E-state index in [4.69, 9.17) is 4.74 Å². The highest BCUT2D eigenvalue weighted by Crippen LogP contribution is 2.44. The molecule has 2 aliphatic heterocycles. The second-order valence-corrected chi connectivity index (χ2v) is 8.18. The number of aliphatic hydroxyl groups excluding tert-OH is 1. The van der Waals surface area contributed by atoms with E-state index in [1.54, 1.807) is 0 Å². The second kappa shape index (κ2) is 6.88. The van der Waals surface area contributed by atoms with E-state index in [2.05, 4.69) is 46.8 Å². The Bertz CT molecular complexity index is 447. The van der Waals surface area contributed by atoms with E-state index in [-0.39, 0.29) is 11.7 Å². The minimum atomic E-state index is -0.411. The van der Waals surface area contributed by atoms with Crippen molar-refractivity contribution in [2.45, 2.75) is 96.9 Å². The molecule has 0 saturated carbocycles. The number of hydrogen-bond acceptors (Lipinski definition) is 2. The number of aliphatic hydroxyl groups is 1. The Kier molecular flexibility index (Phi) is 5.55. The van der Waals surface area contributed by atoms with Crippen LogP contribution < -0.4 is 0 Å². The summed E-state index contributed by atoms with van der Waals surface area (Å²) in [5.74, 6) is 0.430. The molecule has 0 aromatic carbocycles. The fourth-order valence-electron chi connectivity index (χ4n) is 4.00. The van der Waals surface area contributed by atoms with Crippen molar-refractivity contribution in [3.63, 3.8) is 0 Å². The first-order chi connectivity index (χ1) is 10.2. The van der Waals surface area contributed by atoms with Crippen LogP contribution in [0.3, 0.4) is 0 Å². The molecule has 1 aliphatic carbocycles. The topological polar surface area (TPSA) is 29.5 Å². The molecule has 1 fully saturated rings. The Balaban J connectivity index is 2.23. The van der Waals surface area contributed by atoms with Crippen molar-refractivity contribution in [3.8, 4) is 0 Å². The number of hydrogen-bond donors (Lipinski definition) is 1. The van der Waals surface area contributed by atoms with Crippen molar-refractivity contribution >= 4 is 0 Å². The predicted molar refractivity (Wildman–Crippen MR) is 92.9 cm³/mol. The zero-order chi connectivity index (χ0) is 16.4. The molecule has 22 heavy (non-hydrogen) atoms. The summed E-state index contributed by atoms with van der Waals surface area (Å²) >= 11 is 0. The maximum Gasteiger partial charge on any atom is 0.0922 e. The van der Waals surface area contributed by atoms with Gasteiger partial charge in [0.2, 0.25) is 0 Å². The van der Waals surface area contributed by atoms with Gasteiger partial charge in [-0.1, -0.05) is 23.3 Å². The van der Waals surface area contributed by atoms with Gasteiger partial charge >= 0.3 is 0 Å². The Morgan fingerprint density at radius 2 is 1.68 bits per heavy atom. The highest BCUT2D eigenvalue weighted by molar-refractivity contribution is 5.07. The van der Waals surface area contributed by atoms with E-state index in [9.17, 15) is 5.11 Å². The lowest BCUT2D eigenvalue weighted by atomic mass is 9.73. The highest BCUT2D eigenvalue weighted by Gasteiger charge is 2.48. The molecule has 0 unspecified atom stereocenters. The fraction of sp³-hybridized carbons (Fsp3) is 0.800. The third-order valence-corrected chi connectivity index (χ3v) is 5.74. The fourth-order valence-corrected chi connectivity index (χ4v) is 4.00. The third kappa shape index (κ3) is 4.23. The minimum absolute atomic E-state index is 0.156. The molecule has 1 N–H and O–H groups in total. The van der Waals surface area contributed by atoms with Gasteiger partial charge in [0, 0.05) is 0 Å². The molecule has 0 aromatic heterocycles. The van der Waals surface area contributed by atoms with Gasteiger partial charge in [0.15, 0.2) is 0 Å². The minimum Gasteiger partial charge on any atom is -0.390 e. The van der Waals surface area contributed by atoms with Gasteiger partial charge in [-0.3, -0.25) is 0 Å². The summed E-state index contributed by atoms with van der Waals surface area (Å²) in [6, 6.07) is 0. The van der Waals surface area contributed by atoms with Crippen LogP contribution in [-0.2, 0) is 4.74 Å². The van der Waals surface area contributed by atoms with E-state index in [1.807, 2.05) is 0 Å². The molecule has 0 spiro atoms. The molecule has 3 atom stereocenters. The average Bonchev–Trinajstić information content (AvgIpc) is 2.40. The van der Waals surface area contributed by atoms with Crippen molar-refractivity contribution in [1.82, 2.24) is 0 Å². The molecule has 2 heterocycles. The standard InChI is InChI=1S/C20H34O2/c1-15-8-6-9-16(2)11-12-17-14-18(21)20(5,13-7-10-15)22-19(17,3)4/h9-10,17-18,21H,6-8,11-14H2,1-5H3/b15-10+,16-9+/t17-,18-,20+/m1/s1. The van der Waals surface area contributed by atoms with E-state index < -0.39 is 5.60 Å². The zero-order valence-electron chi connectivity index (χ0n) is 15.1. The molecule has 2 nitrogen and oxygen atoms in total. The lowest BCUT2D eigenvalue weighted by molar-refractivity contribution is -0.243. The van der Waals surface area contributed by atoms with Gasteiger partial charge in [0.25, 0.3) is 0 Å². The number of fused-ring (bicyclic) bond motifs is 9. The van der Waals surface area contributed by atoms with Crippen molar-refractivity contribution in [2.75, 3.05) is 0 Å². The smallest absolute Gasteiger partial charge is 0.0922 e. The Hall–Kier alpha value is -0.600. The lowest BCUT2D eigenvalue weighted by Gasteiger charge is -2.51. The Morgan fingerprint density at radius 3 is 2.41 bits per heavy atom. The summed E-state index contributed by atoms with van der Waals surface area (Å²) in [7, 11) is 0. The lowest BCUT2D eigenvalue weighted by Crippen LogP contribution is -2.56. The van der Waals surface area contributed by atoms with Crippen molar-refractivity contribution in [3.05, 3.63) is 23.3 Å². The van der Waals surface area contributed by atoms with Crippen LogP contribution in [0.15, 0.2) is 23.3 Å². The van der Waals surface area contributed by atoms with Gasteiger partial charge in [-0.15, -0.1) is 0 Å². The second-order valence-electron chi connectivity index (χ2n) is 8.18. The van der Waals surface area contributed by atoms with Gasteiger partial charge in [0.1, 0.15) is 0 Å². The summed E-state index contributed by atoms with van der Waals surface area (Å²) < 4.78 is 6.45. The van der Waals surface area contributed by atoms with Crippen LogP contribution in [0.4, 0.5) is 0 Å². The molecule has 0 radical (unpaired) electrons. The first-order valence-electron chi connectivity index (χ1n) is 8.92. The molecule has 3 aliphatic rings. The third-order valence-electron chi connectivity index (χ3n) is 5.74. The molecule has 126 valence electrons. The molecule has 1 saturated heterocycles. The van der Waals surface area contributed by atoms with Gasteiger partial charge in [-0.25, -0.2) is 0 Å². The first kappa shape index (κ1) is 17.7. The number of ether oxygens (including phenoxy) is 1. The van der Waals surface area contributed by atoms with Crippen LogP contribution >= 0.6 is 0 Å². The maximum atomic E-state index is 10.7. The van der Waals surface area contributed by atoms with Crippen LogP contribution in [0.1, 0.15) is 79.6 Å². The van der Waals surface area contributed by atoms with Crippen LogP contribution in [0, 0.1) is 5.92 Å². The van der Waals surface area contributed by atoms with Crippen molar-refractivity contribution in [1.29, 1.82) is 0 Å². The summed E-state index contributed by atoms with van der Waals surface area (Å²) in [5, 5.41) is 10.7. The van der Waals surface area contributed by atoms with Crippen LogP contribution in [-0.4, -0.2) is 22.4 Å². The molecule has 0 aromatic rings. The van der Waals surface area contributed by atoms with Crippen molar-refractivity contribution < 1.29 is 9.84 Å².